The van der Waals surface area contributed by atoms with Gasteiger partial charge < -0.3 is 14.2 Å². The Labute approximate surface area is 112 Å². The summed E-state index contributed by atoms with van der Waals surface area (Å²) >= 11 is 2.44. The molecule has 0 aliphatic heterocycles. The van der Waals surface area contributed by atoms with E-state index in [1.165, 1.54) is 32.1 Å². The number of rotatable bonds is 7. The van der Waals surface area contributed by atoms with Gasteiger partial charge in [-0.2, -0.15) is 0 Å². The summed E-state index contributed by atoms with van der Waals surface area (Å²) in [5, 5.41) is 0. The highest BCUT2D eigenvalue weighted by molar-refractivity contribution is 14.1. The molecule has 0 N–H and O–H groups in total. The predicted molar refractivity (Wildman–Crippen MR) is 73.3 cm³/mol. The number of halogens is 1. The molecule has 0 spiro atoms. The van der Waals surface area contributed by atoms with Crippen LogP contribution in [-0.4, -0.2) is 43.6 Å². The minimum Gasteiger partial charge on any atom is -0.382 e. The number of methoxy groups -OCH3 is 2. The third-order valence-electron chi connectivity index (χ3n) is 3.13. The van der Waals surface area contributed by atoms with Gasteiger partial charge in [-0.25, -0.2) is 0 Å². The second-order valence-electron chi connectivity index (χ2n) is 4.53. The molecule has 1 fully saturated rings. The van der Waals surface area contributed by atoms with Crippen LogP contribution in [0.1, 0.15) is 32.1 Å². The average molecular weight is 342 g/mol. The fourth-order valence-electron chi connectivity index (χ4n) is 2.32. The second-order valence-corrected chi connectivity index (χ2v) is 5.29. The summed E-state index contributed by atoms with van der Waals surface area (Å²) in [7, 11) is 3.42. The maximum Gasteiger partial charge on any atom is 0.105 e. The topological polar surface area (TPSA) is 27.7 Å². The molecule has 0 atom stereocenters. The molecule has 3 nitrogen and oxygen atoms in total. The summed E-state index contributed by atoms with van der Waals surface area (Å²) in [6.07, 6.45) is 6.36. The second kappa shape index (κ2) is 7.84. The molecular weight excluding hydrogens is 319 g/mol. The Hall–Kier alpha value is 0.610. The summed E-state index contributed by atoms with van der Waals surface area (Å²) in [5.41, 5.74) is 0.0700. The van der Waals surface area contributed by atoms with E-state index in [4.69, 9.17) is 14.2 Å². The van der Waals surface area contributed by atoms with Gasteiger partial charge in [0.1, 0.15) is 6.10 Å². The van der Waals surface area contributed by atoms with Crippen LogP contribution in [0.5, 0.6) is 0 Å². The molecule has 0 radical (unpaired) electrons. The molecule has 1 aliphatic rings. The van der Waals surface area contributed by atoms with Crippen LogP contribution < -0.4 is 0 Å². The van der Waals surface area contributed by atoms with E-state index in [1.807, 2.05) is 0 Å². The molecule has 16 heavy (non-hydrogen) atoms. The zero-order chi connectivity index (χ0) is 11.9. The smallest absolute Gasteiger partial charge is 0.105 e. The van der Waals surface area contributed by atoms with Crippen molar-refractivity contribution in [3.8, 4) is 0 Å². The van der Waals surface area contributed by atoms with Crippen molar-refractivity contribution in [1.29, 1.82) is 0 Å². The Morgan fingerprint density at radius 1 is 1.06 bits per heavy atom. The highest BCUT2D eigenvalue weighted by Crippen LogP contribution is 2.34. The van der Waals surface area contributed by atoms with Gasteiger partial charge in [0.15, 0.2) is 0 Å². The van der Waals surface area contributed by atoms with Gasteiger partial charge in [0.05, 0.1) is 18.8 Å². The van der Waals surface area contributed by atoms with Gasteiger partial charge in [-0.05, 0) is 12.8 Å². The first-order valence-corrected chi connectivity index (χ1v) is 7.50. The van der Waals surface area contributed by atoms with Crippen molar-refractivity contribution in [3.63, 3.8) is 0 Å². The number of alkyl halides is 1. The molecule has 0 unspecified atom stereocenters. The normalized spacial score (nSPS) is 20.2. The molecule has 4 heteroatoms. The molecular formula is C12H23IO3. The van der Waals surface area contributed by atoms with Gasteiger partial charge in [0, 0.05) is 18.6 Å². The Balaban J connectivity index is 2.50. The Morgan fingerprint density at radius 2 is 1.62 bits per heavy atom. The first kappa shape index (κ1) is 14.7. The van der Waals surface area contributed by atoms with Crippen molar-refractivity contribution >= 4 is 22.6 Å². The van der Waals surface area contributed by atoms with Crippen LogP contribution in [0, 0.1) is 0 Å². The minimum atomic E-state index is 0.0700. The van der Waals surface area contributed by atoms with Gasteiger partial charge in [0.25, 0.3) is 0 Å². The summed E-state index contributed by atoms with van der Waals surface area (Å²) in [6, 6.07) is 0. The molecule has 96 valence electrons. The van der Waals surface area contributed by atoms with Crippen LogP contribution in [0.4, 0.5) is 0 Å². The predicted octanol–water partition coefficient (Wildman–Crippen LogP) is 2.80. The third-order valence-corrected chi connectivity index (χ3v) is 4.52. The fraction of sp³-hybridized carbons (Fsp3) is 1.00. The lowest BCUT2D eigenvalue weighted by atomic mass is 9.86. The Bertz CT molecular complexity index is 175. The lowest BCUT2D eigenvalue weighted by Crippen LogP contribution is -2.43. The monoisotopic (exact) mass is 342 g/mol. The van der Waals surface area contributed by atoms with E-state index in [0.717, 1.165) is 4.43 Å². The maximum absolute atomic E-state index is 6.25. The molecule has 0 bridgehead atoms. The Kier molecular flexibility index (Phi) is 7.19. The number of ether oxygens (including phenoxy) is 3. The van der Waals surface area contributed by atoms with Crippen molar-refractivity contribution in [2.75, 3.05) is 31.9 Å². The molecule has 1 rings (SSSR count). The minimum absolute atomic E-state index is 0.0700. The van der Waals surface area contributed by atoms with E-state index >= 15 is 0 Å². The van der Waals surface area contributed by atoms with Gasteiger partial charge in [-0.1, -0.05) is 41.9 Å². The van der Waals surface area contributed by atoms with Crippen molar-refractivity contribution < 1.29 is 14.2 Å². The summed E-state index contributed by atoms with van der Waals surface area (Å²) in [4.78, 5) is 0. The van der Waals surface area contributed by atoms with E-state index in [0.29, 0.717) is 13.2 Å². The van der Waals surface area contributed by atoms with Crippen molar-refractivity contribution in [2.24, 2.45) is 0 Å². The van der Waals surface area contributed by atoms with Gasteiger partial charge in [-0.15, -0.1) is 0 Å². The zero-order valence-corrected chi connectivity index (χ0v) is 12.5. The summed E-state index contributed by atoms with van der Waals surface area (Å²) in [5.74, 6) is 0. The first-order chi connectivity index (χ1) is 7.76. The van der Waals surface area contributed by atoms with Crippen molar-refractivity contribution in [1.82, 2.24) is 0 Å². The van der Waals surface area contributed by atoms with Crippen LogP contribution in [0.3, 0.4) is 0 Å². The SMILES string of the molecule is COCC(COC)OC1(CI)CCCCC1. The quantitative estimate of drug-likeness (QED) is 0.526. The zero-order valence-electron chi connectivity index (χ0n) is 10.3. The van der Waals surface area contributed by atoms with Crippen LogP contribution in [0.15, 0.2) is 0 Å². The molecule has 0 aromatic rings. The summed E-state index contributed by atoms with van der Waals surface area (Å²) < 4.78 is 17.7. The van der Waals surface area contributed by atoms with E-state index in [1.54, 1.807) is 14.2 Å². The first-order valence-electron chi connectivity index (χ1n) is 5.98. The summed E-state index contributed by atoms with van der Waals surface area (Å²) in [6.45, 7) is 1.23. The van der Waals surface area contributed by atoms with E-state index in [2.05, 4.69) is 22.6 Å². The molecule has 0 amide bonds. The molecule has 1 aliphatic carbocycles. The van der Waals surface area contributed by atoms with Crippen LogP contribution in [0.2, 0.25) is 0 Å². The van der Waals surface area contributed by atoms with Crippen LogP contribution in [-0.2, 0) is 14.2 Å². The fourth-order valence-corrected chi connectivity index (χ4v) is 3.26. The number of hydrogen-bond acceptors (Lipinski definition) is 3. The molecule has 0 saturated heterocycles. The largest absolute Gasteiger partial charge is 0.382 e. The van der Waals surface area contributed by atoms with Crippen molar-refractivity contribution in [3.05, 3.63) is 0 Å². The number of hydrogen-bond donors (Lipinski definition) is 0. The highest BCUT2D eigenvalue weighted by atomic mass is 127. The Morgan fingerprint density at radius 3 is 2.06 bits per heavy atom. The molecule has 1 saturated carbocycles. The van der Waals surface area contributed by atoms with E-state index in [9.17, 15) is 0 Å². The lowest BCUT2D eigenvalue weighted by Gasteiger charge is -2.38. The standard InChI is InChI=1S/C12H23IO3/c1-14-8-11(9-15-2)16-12(10-13)6-4-3-5-7-12/h11H,3-10H2,1-2H3. The lowest BCUT2D eigenvalue weighted by molar-refractivity contribution is -0.135. The third kappa shape index (κ3) is 4.47. The highest BCUT2D eigenvalue weighted by Gasteiger charge is 2.34. The van der Waals surface area contributed by atoms with E-state index < -0.39 is 0 Å². The molecule has 0 heterocycles. The van der Waals surface area contributed by atoms with Crippen LogP contribution >= 0.6 is 22.6 Å². The van der Waals surface area contributed by atoms with Gasteiger partial charge in [0.2, 0.25) is 0 Å². The van der Waals surface area contributed by atoms with Gasteiger partial charge in [-0.3, -0.25) is 0 Å². The van der Waals surface area contributed by atoms with Crippen molar-refractivity contribution in [2.45, 2.75) is 43.8 Å². The average Bonchev–Trinajstić information content (AvgIpc) is 2.31. The van der Waals surface area contributed by atoms with Gasteiger partial charge >= 0.3 is 0 Å². The molecule has 0 aromatic carbocycles. The maximum atomic E-state index is 6.25. The van der Waals surface area contributed by atoms with Crippen LogP contribution in [0.25, 0.3) is 0 Å². The van der Waals surface area contributed by atoms with E-state index in [-0.39, 0.29) is 11.7 Å². The molecule has 0 aromatic heterocycles.